The van der Waals surface area contributed by atoms with E-state index in [0.717, 1.165) is 23.1 Å². The molecule has 0 fully saturated rings. The fourth-order valence-electron chi connectivity index (χ4n) is 1.86. The Bertz CT molecular complexity index is 606. The molecule has 19 heavy (non-hydrogen) atoms. The van der Waals surface area contributed by atoms with Crippen LogP contribution in [0.25, 0.3) is 0 Å². The molecular weight excluding hydrogens is 284 g/mol. The van der Waals surface area contributed by atoms with Crippen LogP contribution in [-0.4, -0.2) is 26.2 Å². The van der Waals surface area contributed by atoms with Crippen LogP contribution in [0.5, 0.6) is 0 Å². The highest BCUT2D eigenvalue weighted by molar-refractivity contribution is 7.99. The lowest BCUT2D eigenvalue weighted by Gasteiger charge is -2.03. The molecule has 1 N–H and O–H groups in total. The Morgan fingerprint density at radius 1 is 1.58 bits per heavy atom. The molecule has 0 unspecified atom stereocenters. The largest absolute Gasteiger partial charge is 0.346 e. The Morgan fingerprint density at radius 3 is 3.26 bits per heavy atom. The molecule has 0 saturated heterocycles. The quantitative estimate of drug-likeness (QED) is 0.879. The molecule has 3 rings (SSSR count). The summed E-state index contributed by atoms with van der Waals surface area (Å²) in [4.78, 5) is 20.2. The van der Waals surface area contributed by atoms with Crippen LogP contribution >= 0.6 is 23.4 Å². The van der Waals surface area contributed by atoms with Crippen LogP contribution in [0, 0.1) is 0 Å². The van der Waals surface area contributed by atoms with Crippen molar-refractivity contribution in [3.63, 3.8) is 0 Å². The summed E-state index contributed by atoms with van der Waals surface area (Å²) < 4.78 is 2.11. The molecule has 98 valence electrons. The van der Waals surface area contributed by atoms with E-state index in [-0.39, 0.29) is 5.91 Å². The Labute approximate surface area is 119 Å². The number of aromatic nitrogens is 3. The average molecular weight is 295 g/mol. The third-order valence-electron chi connectivity index (χ3n) is 2.77. The second kappa shape index (κ2) is 5.22. The molecule has 0 bridgehead atoms. The van der Waals surface area contributed by atoms with Crippen LogP contribution in [0.2, 0.25) is 5.15 Å². The molecule has 5 nitrogen and oxygen atoms in total. The number of hydrogen-bond acceptors (Lipinski definition) is 4. The summed E-state index contributed by atoms with van der Waals surface area (Å²) in [5, 5.41) is 4.16. The van der Waals surface area contributed by atoms with Crippen molar-refractivity contribution in [3.8, 4) is 0 Å². The van der Waals surface area contributed by atoms with E-state index in [1.165, 1.54) is 6.20 Å². The maximum Gasteiger partial charge on any atom is 0.251 e. The SMILES string of the molecule is O=C(NCc1cn2c(n1)SCC2)c1ccnc(Cl)c1. The number of carbonyl (C=O) groups is 1. The topological polar surface area (TPSA) is 59.8 Å². The minimum atomic E-state index is -0.176. The van der Waals surface area contributed by atoms with Gasteiger partial charge in [0.2, 0.25) is 0 Å². The van der Waals surface area contributed by atoms with Crippen molar-refractivity contribution in [2.75, 3.05) is 5.75 Å². The summed E-state index contributed by atoms with van der Waals surface area (Å²) in [6.45, 7) is 1.40. The van der Waals surface area contributed by atoms with Crippen LogP contribution in [0.3, 0.4) is 0 Å². The number of fused-ring (bicyclic) bond motifs is 1. The first-order chi connectivity index (χ1) is 9.22. The van der Waals surface area contributed by atoms with E-state index < -0.39 is 0 Å². The van der Waals surface area contributed by atoms with Gasteiger partial charge in [-0.3, -0.25) is 4.79 Å². The zero-order valence-electron chi connectivity index (χ0n) is 9.97. The molecule has 0 spiro atoms. The number of rotatable bonds is 3. The van der Waals surface area contributed by atoms with Crippen molar-refractivity contribution in [1.29, 1.82) is 0 Å². The number of thioether (sulfide) groups is 1. The number of aryl methyl sites for hydroxylation is 1. The van der Waals surface area contributed by atoms with Crippen LogP contribution in [0.1, 0.15) is 16.1 Å². The van der Waals surface area contributed by atoms with Gasteiger partial charge in [-0.1, -0.05) is 23.4 Å². The van der Waals surface area contributed by atoms with E-state index in [1.54, 1.807) is 23.9 Å². The fraction of sp³-hybridized carbons (Fsp3) is 0.250. The number of imidazole rings is 1. The summed E-state index contributed by atoms with van der Waals surface area (Å²) in [7, 11) is 0. The van der Waals surface area contributed by atoms with Crippen LogP contribution in [0.4, 0.5) is 0 Å². The van der Waals surface area contributed by atoms with Crippen molar-refractivity contribution in [3.05, 3.63) is 40.9 Å². The van der Waals surface area contributed by atoms with E-state index >= 15 is 0 Å². The molecule has 1 aliphatic heterocycles. The third-order valence-corrected chi connectivity index (χ3v) is 3.95. The van der Waals surface area contributed by atoms with Gasteiger partial charge < -0.3 is 9.88 Å². The first-order valence-electron chi connectivity index (χ1n) is 5.81. The number of hydrogen-bond donors (Lipinski definition) is 1. The van der Waals surface area contributed by atoms with Gasteiger partial charge in [0.05, 0.1) is 12.2 Å². The van der Waals surface area contributed by atoms with E-state index in [0.29, 0.717) is 17.3 Å². The molecule has 0 aromatic carbocycles. The third kappa shape index (κ3) is 2.74. The number of carbonyl (C=O) groups excluding carboxylic acids is 1. The van der Waals surface area contributed by atoms with Gasteiger partial charge in [-0.05, 0) is 12.1 Å². The smallest absolute Gasteiger partial charge is 0.251 e. The van der Waals surface area contributed by atoms with Crippen molar-refractivity contribution < 1.29 is 4.79 Å². The minimum absolute atomic E-state index is 0.176. The summed E-state index contributed by atoms with van der Waals surface area (Å²) >= 11 is 7.48. The minimum Gasteiger partial charge on any atom is -0.346 e. The first-order valence-corrected chi connectivity index (χ1v) is 7.17. The van der Waals surface area contributed by atoms with Gasteiger partial charge in [0, 0.05) is 30.3 Å². The second-order valence-corrected chi connectivity index (χ2v) is 5.56. The number of amides is 1. The lowest BCUT2D eigenvalue weighted by Crippen LogP contribution is -2.23. The summed E-state index contributed by atoms with van der Waals surface area (Å²) in [6, 6.07) is 3.17. The predicted octanol–water partition coefficient (Wildman–Crippen LogP) is 1.97. The fourth-order valence-corrected chi connectivity index (χ4v) is 3.00. The summed E-state index contributed by atoms with van der Waals surface area (Å²) in [5.74, 6) is 0.898. The molecule has 1 aliphatic rings. The molecule has 7 heteroatoms. The highest BCUT2D eigenvalue weighted by atomic mass is 35.5. The number of nitrogens with one attached hydrogen (secondary N) is 1. The maximum atomic E-state index is 11.9. The lowest BCUT2D eigenvalue weighted by molar-refractivity contribution is 0.0950. The standard InChI is InChI=1S/C12H11ClN4OS/c13-10-5-8(1-2-14-10)11(18)15-6-9-7-17-3-4-19-12(17)16-9/h1-2,5,7H,3-4,6H2,(H,15,18). The maximum absolute atomic E-state index is 11.9. The van der Waals surface area contributed by atoms with Crippen LogP contribution in [-0.2, 0) is 13.1 Å². The average Bonchev–Trinajstić information content (AvgIpc) is 2.96. The second-order valence-electron chi connectivity index (χ2n) is 4.11. The zero-order chi connectivity index (χ0) is 13.2. The highest BCUT2D eigenvalue weighted by Crippen LogP contribution is 2.24. The van der Waals surface area contributed by atoms with Crippen LogP contribution < -0.4 is 5.32 Å². The van der Waals surface area contributed by atoms with Crippen molar-refractivity contribution >= 4 is 29.3 Å². The monoisotopic (exact) mass is 294 g/mol. The normalized spacial score (nSPS) is 13.3. The Morgan fingerprint density at radius 2 is 2.47 bits per heavy atom. The molecule has 0 radical (unpaired) electrons. The number of halogens is 1. The Kier molecular flexibility index (Phi) is 3.44. The van der Waals surface area contributed by atoms with Gasteiger partial charge in [0.25, 0.3) is 5.91 Å². The van der Waals surface area contributed by atoms with E-state index in [9.17, 15) is 4.79 Å². The molecule has 3 heterocycles. The van der Waals surface area contributed by atoms with Crippen molar-refractivity contribution in [2.45, 2.75) is 18.2 Å². The molecule has 0 saturated carbocycles. The molecular formula is C12H11ClN4OS. The molecule has 1 amide bonds. The van der Waals surface area contributed by atoms with Crippen LogP contribution in [0.15, 0.2) is 29.7 Å². The molecule has 2 aromatic rings. The zero-order valence-corrected chi connectivity index (χ0v) is 11.5. The van der Waals surface area contributed by atoms with Crippen molar-refractivity contribution in [2.24, 2.45) is 0 Å². The van der Waals surface area contributed by atoms with Gasteiger partial charge in [0.1, 0.15) is 5.15 Å². The predicted molar refractivity (Wildman–Crippen MR) is 73.4 cm³/mol. The van der Waals surface area contributed by atoms with Gasteiger partial charge in [-0.2, -0.15) is 0 Å². The van der Waals surface area contributed by atoms with Gasteiger partial charge in [-0.25, -0.2) is 9.97 Å². The molecule has 2 aromatic heterocycles. The van der Waals surface area contributed by atoms with Gasteiger partial charge in [0.15, 0.2) is 5.16 Å². The van der Waals surface area contributed by atoms with Gasteiger partial charge in [-0.15, -0.1) is 0 Å². The van der Waals surface area contributed by atoms with E-state index in [4.69, 9.17) is 11.6 Å². The van der Waals surface area contributed by atoms with Crippen molar-refractivity contribution in [1.82, 2.24) is 19.9 Å². The lowest BCUT2D eigenvalue weighted by atomic mass is 10.2. The summed E-state index contributed by atoms with van der Waals surface area (Å²) in [6.07, 6.45) is 3.49. The number of nitrogens with zero attached hydrogens (tertiary/aromatic N) is 3. The summed E-state index contributed by atoms with van der Waals surface area (Å²) in [5.41, 5.74) is 1.37. The Hall–Kier alpha value is -1.53. The Balaban J connectivity index is 1.64. The molecule has 0 aliphatic carbocycles. The molecule has 0 atom stereocenters. The highest BCUT2D eigenvalue weighted by Gasteiger charge is 2.14. The number of pyridine rings is 1. The first kappa shape index (κ1) is 12.5. The van der Waals surface area contributed by atoms with E-state index in [2.05, 4.69) is 19.9 Å². The van der Waals surface area contributed by atoms with E-state index in [1.807, 2.05) is 6.20 Å². The van der Waals surface area contributed by atoms with Gasteiger partial charge >= 0.3 is 0 Å².